The van der Waals surface area contributed by atoms with Crippen molar-refractivity contribution in [2.24, 2.45) is 5.10 Å². The molecule has 0 unspecified atom stereocenters. The lowest BCUT2D eigenvalue weighted by Gasteiger charge is -2.23. The molecule has 1 aliphatic heterocycles. The average Bonchev–Trinajstić information content (AvgIpc) is 2.57. The van der Waals surface area contributed by atoms with E-state index < -0.39 is 0 Å². The molecule has 0 aromatic heterocycles. The van der Waals surface area contributed by atoms with Crippen molar-refractivity contribution in [3.63, 3.8) is 0 Å². The van der Waals surface area contributed by atoms with Crippen LogP contribution in [0.2, 0.25) is 5.02 Å². The summed E-state index contributed by atoms with van der Waals surface area (Å²) >= 11 is 5.88. The van der Waals surface area contributed by atoms with E-state index in [-0.39, 0.29) is 0 Å². The van der Waals surface area contributed by atoms with Crippen LogP contribution in [0.1, 0.15) is 24.8 Å². The number of ether oxygens (including phenoxy) is 1. The van der Waals surface area contributed by atoms with Crippen LogP contribution in [-0.4, -0.2) is 24.3 Å². The van der Waals surface area contributed by atoms with Gasteiger partial charge >= 0.3 is 0 Å². The molecule has 0 radical (unpaired) electrons. The number of rotatable bonds is 4. The first-order chi connectivity index (χ1) is 10.8. The van der Waals surface area contributed by atoms with E-state index in [4.69, 9.17) is 16.3 Å². The summed E-state index contributed by atoms with van der Waals surface area (Å²) in [5.41, 5.74) is 1.04. The summed E-state index contributed by atoms with van der Waals surface area (Å²) in [6.07, 6.45) is 5.69. The van der Waals surface area contributed by atoms with Crippen molar-refractivity contribution in [1.29, 1.82) is 0 Å². The second kappa shape index (κ2) is 7.32. The molecule has 0 atom stereocenters. The average molecular weight is 315 g/mol. The maximum atomic E-state index is 5.88. The third-order valence-electron chi connectivity index (χ3n) is 3.61. The molecule has 3 rings (SSSR count). The molecule has 0 aliphatic carbocycles. The third-order valence-corrected chi connectivity index (χ3v) is 3.86. The Bertz CT molecular complexity index is 634. The summed E-state index contributed by atoms with van der Waals surface area (Å²) in [4.78, 5) is 0. The molecular formula is C18H19ClN2O. The Hall–Kier alpha value is -2.00. The number of hydrogen-bond donors (Lipinski definition) is 0. The Balaban J connectivity index is 1.66. The van der Waals surface area contributed by atoms with Crippen LogP contribution < -0.4 is 4.74 Å². The Morgan fingerprint density at radius 3 is 2.50 bits per heavy atom. The van der Waals surface area contributed by atoms with Crippen molar-refractivity contribution in [3.05, 3.63) is 59.1 Å². The van der Waals surface area contributed by atoms with Crippen molar-refractivity contribution in [3.8, 4) is 11.5 Å². The lowest BCUT2D eigenvalue weighted by atomic mass is 10.2. The Morgan fingerprint density at radius 1 is 0.955 bits per heavy atom. The second-order valence-corrected chi connectivity index (χ2v) is 5.82. The predicted molar refractivity (Wildman–Crippen MR) is 91.0 cm³/mol. The minimum Gasteiger partial charge on any atom is -0.457 e. The summed E-state index contributed by atoms with van der Waals surface area (Å²) in [5.74, 6) is 1.57. The number of piperidine rings is 1. The van der Waals surface area contributed by atoms with E-state index in [0.717, 1.165) is 30.2 Å². The standard InChI is InChI=1S/C18H19ClN2O/c19-16-7-9-17(10-8-16)22-18-6-4-5-15(13-18)14-20-21-11-2-1-3-12-21/h4-10,13-14H,1-3,11-12H2. The normalized spacial score (nSPS) is 15.2. The fourth-order valence-electron chi connectivity index (χ4n) is 2.44. The molecule has 1 aliphatic rings. The summed E-state index contributed by atoms with van der Waals surface area (Å²) in [5, 5.41) is 7.39. The van der Waals surface area contributed by atoms with Gasteiger partial charge in [0.15, 0.2) is 0 Å². The predicted octanol–water partition coefficient (Wildman–Crippen LogP) is 4.95. The highest BCUT2D eigenvalue weighted by Crippen LogP contribution is 2.23. The zero-order valence-corrected chi connectivity index (χ0v) is 13.2. The molecule has 3 nitrogen and oxygen atoms in total. The van der Waals surface area contributed by atoms with Crippen LogP contribution in [0.4, 0.5) is 0 Å². The number of hydrazone groups is 1. The van der Waals surface area contributed by atoms with Crippen molar-refractivity contribution in [2.45, 2.75) is 19.3 Å². The summed E-state index contributed by atoms with van der Waals surface area (Å²) in [6.45, 7) is 2.11. The highest BCUT2D eigenvalue weighted by Gasteiger charge is 2.06. The van der Waals surface area contributed by atoms with Crippen molar-refractivity contribution < 1.29 is 4.74 Å². The quantitative estimate of drug-likeness (QED) is 0.746. The molecule has 1 saturated heterocycles. The van der Waals surface area contributed by atoms with Gasteiger partial charge in [0, 0.05) is 18.1 Å². The van der Waals surface area contributed by atoms with Gasteiger partial charge < -0.3 is 4.74 Å². The van der Waals surface area contributed by atoms with Gasteiger partial charge in [0.2, 0.25) is 0 Å². The first-order valence-electron chi connectivity index (χ1n) is 7.62. The smallest absolute Gasteiger partial charge is 0.128 e. The molecule has 0 saturated carbocycles. The lowest BCUT2D eigenvalue weighted by molar-refractivity contribution is 0.240. The highest BCUT2D eigenvalue weighted by atomic mass is 35.5. The van der Waals surface area contributed by atoms with Crippen LogP contribution in [-0.2, 0) is 0 Å². The van der Waals surface area contributed by atoms with E-state index in [0.29, 0.717) is 5.02 Å². The minimum atomic E-state index is 0.703. The van der Waals surface area contributed by atoms with Gasteiger partial charge in [0.05, 0.1) is 6.21 Å². The van der Waals surface area contributed by atoms with Gasteiger partial charge in [0.1, 0.15) is 11.5 Å². The Labute approximate surface area is 136 Å². The maximum absolute atomic E-state index is 5.88. The molecule has 1 fully saturated rings. The molecule has 4 heteroatoms. The molecule has 1 heterocycles. The van der Waals surface area contributed by atoms with Gasteiger partial charge in [-0.15, -0.1) is 0 Å². The Morgan fingerprint density at radius 2 is 1.73 bits per heavy atom. The van der Waals surface area contributed by atoms with Gasteiger partial charge in [-0.25, -0.2) is 0 Å². The fourth-order valence-corrected chi connectivity index (χ4v) is 2.56. The molecular weight excluding hydrogens is 296 g/mol. The molecule has 0 bridgehead atoms. The third kappa shape index (κ3) is 4.25. The van der Waals surface area contributed by atoms with Gasteiger partial charge in [-0.3, -0.25) is 5.01 Å². The molecule has 0 amide bonds. The first-order valence-corrected chi connectivity index (χ1v) is 8.00. The maximum Gasteiger partial charge on any atom is 0.128 e. The molecule has 0 spiro atoms. The van der Waals surface area contributed by atoms with Gasteiger partial charge in [-0.2, -0.15) is 5.10 Å². The largest absolute Gasteiger partial charge is 0.457 e. The van der Waals surface area contributed by atoms with E-state index in [1.165, 1.54) is 19.3 Å². The topological polar surface area (TPSA) is 24.8 Å². The number of hydrogen-bond acceptors (Lipinski definition) is 3. The Kier molecular flexibility index (Phi) is 4.96. The van der Waals surface area contributed by atoms with Crippen LogP contribution in [0, 0.1) is 0 Å². The lowest BCUT2D eigenvalue weighted by Crippen LogP contribution is -2.24. The molecule has 22 heavy (non-hydrogen) atoms. The molecule has 0 N–H and O–H groups in total. The van der Waals surface area contributed by atoms with E-state index in [1.807, 2.05) is 54.7 Å². The number of benzene rings is 2. The zero-order valence-electron chi connectivity index (χ0n) is 12.4. The minimum absolute atomic E-state index is 0.703. The molecule has 2 aromatic rings. The summed E-state index contributed by atoms with van der Waals surface area (Å²) < 4.78 is 5.83. The van der Waals surface area contributed by atoms with Crippen LogP contribution in [0.15, 0.2) is 53.6 Å². The van der Waals surface area contributed by atoms with Crippen molar-refractivity contribution in [2.75, 3.05) is 13.1 Å². The monoisotopic (exact) mass is 314 g/mol. The zero-order chi connectivity index (χ0) is 15.2. The number of halogens is 1. The van der Waals surface area contributed by atoms with Gasteiger partial charge in [-0.1, -0.05) is 23.7 Å². The van der Waals surface area contributed by atoms with Crippen LogP contribution in [0.5, 0.6) is 11.5 Å². The molecule has 114 valence electrons. The van der Waals surface area contributed by atoms with Crippen LogP contribution in [0.25, 0.3) is 0 Å². The highest BCUT2D eigenvalue weighted by molar-refractivity contribution is 6.30. The fraction of sp³-hybridized carbons (Fsp3) is 0.278. The SMILES string of the molecule is Clc1ccc(Oc2cccc(C=NN3CCCCC3)c2)cc1. The van der Waals surface area contributed by atoms with E-state index >= 15 is 0 Å². The van der Waals surface area contributed by atoms with Crippen molar-refractivity contribution in [1.82, 2.24) is 5.01 Å². The first kappa shape index (κ1) is 14.9. The summed E-state index contributed by atoms with van der Waals surface area (Å²) in [6, 6.07) is 15.3. The van der Waals surface area contributed by atoms with Crippen LogP contribution >= 0.6 is 11.6 Å². The summed E-state index contributed by atoms with van der Waals surface area (Å²) in [7, 11) is 0. The van der Waals surface area contributed by atoms with E-state index in [1.54, 1.807) is 0 Å². The number of nitrogens with zero attached hydrogens (tertiary/aromatic N) is 2. The van der Waals surface area contributed by atoms with Gasteiger partial charge in [-0.05, 0) is 61.2 Å². The van der Waals surface area contributed by atoms with E-state index in [2.05, 4.69) is 10.1 Å². The van der Waals surface area contributed by atoms with Gasteiger partial charge in [0.25, 0.3) is 0 Å². The van der Waals surface area contributed by atoms with E-state index in [9.17, 15) is 0 Å². The van der Waals surface area contributed by atoms with Crippen molar-refractivity contribution >= 4 is 17.8 Å². The molecule has 2 aromatic carbocycles. The second-order valence-electron chi connectivity index (χ2n) is 5.39. The van der Waals surface area contributed by atoms with Crippen LogP contribution in [0.3, 0.4) is 0 Å².